The number of carboxylic acid groups (broad SMARTS) is 2. The molecule has 0 heterocycles. The normalized spacial score (nSPS) is 9.72. The number of non-ortho nitro benzene ring substituents is 1. The summed E-state index contributed by atoms with van der Waals surface area (Å²) in [6.45, 7) is 1.47. The molecule has 0 amide bonds. The molecule has 0 aromatic heterocycles. The second-order valence-corrected chi connectivity index (χ2v) is 5.65. The fourth-order valence-corrected chi connectivity index (χ4v) is 2.24. The lowest BCUT2D eigenvalue weighted by molar-refractivity contribution is -0.384. The lowest BCUT2D eigenvalue weighted by Gasteiger charge is -2.10. The fraction of sp³-hybridized carbons (Fsp3) is 0.263. The van der Waals surface area contributed by atoms with E-state index in [0.29, 0.717) is 6.54 Å². The number of hydrogen-bond donors (Lipinski definition) is 3. The van der Waals surface area contributed by atoms with Crippen molar-refractivity contribution in [1.82, 2.24) is 5.32 Å². The molecule has 0 radical (unpaired) electrons. The van der Waals surface area contributed by atoms with Crippen LogP contribution in [0.3, 0.4) is 0 Å². The van der Waals surface area contributed by atoms with Crippen molar-refractivity contribution in [3.05, 3.63) is 63.7 Å². The minimum absolute atomic E-state index is 0.110. The van der Waals surface area contributed by atoms with Gasteiger partial charge in [0.2, 0.25) is 0 Å². The van der Waals surface area contributed by atoms with Gasteiger partial charge in [0.25, 0.3) is 5.69 Å². The van der Waals surface area contributed by atoms with Crippen molar-refractivity contribution in [3.63, 3.8) is 0 Å². The van der Waals surface area contributed by atoms with E-state index in [-0.39, 0.29) is 5.69 Å². The third-order valence-electron chi connectivity index (χ3n) is 3.70. The molecule has 10 nitrogen and oxygen atoms in total. The molecule has 0 aliphatic rings. The van der Waals surface area contributed by atoms with Gasteiger partial charge in [0, 0.05) is 18.7 Å². The number of rotatable bonds is 8. The van der Waals surface area contributed by atoms with E-state index in [1.165, 1.54) is 12.1 Å². The van der Waals surface area contributed by atoms with Crippen molar-refractivity contribution in [1.29, 1.82) is 0 Å². The molecular formula is C19H22N2O8. The third-order valence-corrected chi connectivity index (χ3v) is 3.70. The molecule has 2 aromatic carbocycles. The molecule has 0 aliphatic carbocycles. The molecule has 156 valence electrons. The lowest BCUT2D eigenvalue weighted by atomic mass is 10.1. The molecule has 29 heavy (non-hydrogen) atoms. The number of carboxylic acids is 2. The Morgan fingerprint density at radius 1 is 0.966 bits per heavy atom. The van der Waals surface area contributed by atoms with Crippen LogP contribution in [-0.4, -0.2) is 47.8 Å². The molecule has 0 bridgehead atoms. The Hall–Kier alpha value is -3.66. The Labute approximate surface area is 166 Å². The first-order valence-electron chi connectivity index (χ1n) is 8.39. The van der Waals surface area contributed by atoms with E-state index < -0.39 is 16.9 Å². The maximum absolute atomic E-state index is 10.6. The van der Waals surface area contributed by atoms with Crippen LogP contribution in [0.2, 0.25) is 0 Å². The van der Waals surface area contributed by atoms with E-state index in [9.17, 15) is 10.1 Å². The molecule has 0 spiro atoms. The number of benzene rings is 2. The summed E-state index contributed by atoms with van der Waals surface area (Å²) in [4.78, 5) is 28.4. The van der Waals surface area contributed by atoms with Crippen molar-refractivity contribution in [2.24, 2.45) is 0 Å². The molecule has 0 unspecified atom stereocenters. The van der Waals surface area contributed by atoms with E-state index >= 15 is 0 Å². The maximum Gasteiger partial charge on any atom is 0.414 e. The Balaban J connectivity index is 0.000000612. The Morgan fingerprint density at radius 3 is 2.00 bits per heavy atom. The van der Waals surface area contributed by atoms with Gasteiger partial charge in [-0.25, -0.2) is 9.59 Å². The van der Waals surface area contributed by atoms with Crippen molar-refractivity contribution in [2.75, 3.05) is 20.8 Å². The molecule has 3 N–H and O–H groups in total. The zero-order valence-electron chi connectivity index (χ0n) is 16.0. The fourth-order valence-electron chi connectivity index (χ4n) is 2.24. The number of nitrogens with one attached hydrogen (secondary N) is 1. The van der Waals surface area contributed by atoms with Gasteiger partial charge in [-0.3, -0.25) is 10.1 Å². The highest BCUT2D eigenvalue weighted by atomic mass is 16.6. The van der Waals surface area contributed by atoms with Gasteiger partial charge in [0.1, 0.15) is 0 Å². The molecule has 2 aromatic rings. The second-order valence-electron chi connectivity index (χ2n) is 5.65. The first-order chi connectivity index (χ1) is 13.8. The second kappa shape index (κ2) is 11.9. The van der Waals surface area contributed by atoms with Crippen LogP contribution in [0.1, 0.15) is 11.1 Å². The van der Waals surface area contributed by atoms with Crippen LogP contribution >= 0.6 is 0 Å². The highest BCUT2D eigenvalue weighted by molar-refractivity contribution is 6.27. The molecule has 0 saturated heterocycles. The summed E-state index contributed by atoms with van der Waals surface area (Å²) in [6.07, 6.45) is 0.854. The minimum Gasteiger partial charge on any atom is -0.493 e. The Bertz CT molecular complexity index is 825. The summed E-state index contributed by atoms with van der Waals surface area (Å²) >= 11 is 0. The third kappa shape index (κ3) is 8.26. The molecule has 0 aliphatic heterocycles. The summed E-state index contributed by atoms with van der Waals surface area (Å²) in [5.74, 6) is -2.21. The highest BCUT2D eigenvalue weighted by Crippen LogP contribution is 2.27. The maximum atomic E-state index is 10.6. The van der Waals surface area contributed by atoms with E-state index in [0.717, 1.165) is 35.6 Å². The zero-order valence-corrected chi connectivity index (χ0v) is 16.0. The minimum atomic E-state index is -1.82. The predicted octanol–water partition coefficient (Wildman–Crippen LogP) is 2.10. The first-order valence-corrected chi connectivity index (χ1v) is 8.39. The quantitative estimate of drug-likeness (QED) is 0.259. The molecule has 10 heteroatoms. The number of nitrogens with zero attached hydrogens (tertiary/aromatic N) is 1. The lowest BCUT2D eigenvalue weighted by Crippen LogP contribution is -2.16. The van der Waals surface area contributed by atoms with Crippen LogP contribution in [0.4, 0.5) is 5.69 Å². The van der Waals surface area contributed by atoms with Crippen molar-refractivity contribution < 1.29 is 34.2 Å². The molecule has 2 rings (SSSR count). The van der Waals surface area contributed by atoms with Crippen LogP contribution in [0.5, 0.6) is 11.5 Å². The van der Waals surface area contributed by atoms with Crippen LogP contribution in [0.15, 0.2) is 42.5 Å². The molecule has 0 fully saturated rings. The van der Waals surface area contributed by atoms with Crippen LogP contribution < -0.4 is 14.8 Å². The summed E-state index contributed by atoms with van der Waals surface area (Å²) in [5.41, 5.74) is 2.28. The van der Waals surface area contributed by atoms with E-state index in [1.807, 2.05) is 18.2 Å². The Kier molecular flexibility index (Phi) is 9.62. The largest absolute Gasteiger partial charge is 0.493 e. The summed E-state index contributed by atoms with van der Waals surface area (Å²) in [5, 5.41) is 28.7. The van der Waals surface area contributed by atoms with Gasteiger partial charge < -0.3 is 25.0 Å². The van der Waals surface area contributed by atoms with Gasteiger partial charge in [-0.1, -0.05) is 18.2 Å². The van der Waals surface area contributed by atoms with E-state index in [1.54, 1.807) is 26.4 Å². The number of hydrogen-bond acceptors (Lipinski definition) is 7. The van der Waals surface area contributed by atoms with Crippen LogP contribution in [0, 0.1) is 10.1 Å². The number of nitro benzene ring substituents is 1. The smallest absolute Gasteiger partial charge is 0.414 e. The average molecular weight is 406 g/mol. The van der Waals surface area contributed by atoms with Crippen molar-refractivity contribution in [3.8, 4) is 11.5 Å². The summed E-state index contributed by atoms with van der Waals surface area (Å²) < 4.78 is 10.5. The topological polar surface area (TPSA) is 148 Å². The van der Waals surface area contributed by atoms with E-state index in [4.69, 9.17) is 29.3 Å². The highest BCUT2D eigenvalue weighted by Gasteiger charge is 2.06. The standard InChI is InChI=1S/C17H20N2O4.C2H2O4/c1-22-16-8-5-13(11-17(16)23-2)9-10-18-12-14-3-6-15(7-4-14)19(20)21;3-1(4)2(5)6/h3-8,11,18H,9-10,12H2,1-2H3;(H,3,4)(H,5,6). The van der Waals surface area contributed by atoms with Crippen LogP contribution in [0.25, 0.3) is 0 Å². The van der Waals surface area contributed by atoms with Crippen LogP contribution in [-0.2, 0) is 22.6 Å². The number of ether oxygens (including phenoxy) is 2. The van der Waals surface area contributed by atoms with Crippen molar-refractivity contribution in [2.45, 2.75) is 13.0 Å². The zero-order chi connectivity index (χ0) is 21.8. The van der Waals surface area contributed by atoms with Gasteiger partial charge in [-0.15, -0.1) is 0 Å². The number of nitro groups is 1. The monoisotopic (exact) mass is 406 g/mol. The van der Waals surface area contributed by atoms with Gasteiger partial charge in [0.15, 0.2) is 11.5 Å². The van der Waals surface area contributed by atoms with Gasteiger partial charge in [0.05, 0.1) is 19.1 Å². The summed E-state index contributed by atoms with van der Waals surface area (Å²) in [6, 6.07) is 12.4. The number of methoxy groups -OCH3 is 2. The van der Waals surface area contributed by atoms with Gasteiger partial charge in [-0.2, -0.15) is 0 Å². The SMILES string of the molecule is COc1ccc(CCNCc2ccc([N+](=O)[O-])cc2)cc1OC.O=C(O)C(=O)O. The molecule has 0 saturated carbocycles. The number of aliphatic carboxylic acids is 2. The first kappa shape index (κ1) is 23.4. The van der Waals surface area contributed by atoms with Gasteiger partial charge >= 0.3 is 11.9 Å². The van der Waals surface area contributed by atoms with Gasteiger partial charge in [-0.05, 0) is 36.2 Å². The molecule has 0 atom stereocenters. The van der Waals surface area contributed by atoms with E-state index in [2.05, 4.69) is 5.32 Å². The molecular weight excluding hydrogens is 384 g/mol. The van der Waals surface area contributed by atoms with Crippen molar-refractivity contribution >= 4 is 17.6 Å². The summed E-state index contributed by atoms with van der Waals surface area (Å²) in [7, 11) is 3.23. The predicted molar refractivity (Wildman–Crippen MR) is 103 cm³/mol. The Morgan fingerprint density at radius 2 is 1.52 bits per heavy atom. The average Bonchev–Trinajstić information content (AvgIpc) is 2.71. The number of carbonyl (C=O) groups is 2.